The van der Waals surface area contributed by atoms with E-state index in [1.54, 1.807) is 4.90 Å². The second-order valence-corrected chi connectivity index (χ2v) is 4.28. The van der Waals surface area contributed by atoms with Crippen molar-refractivity contribution in [3.63, 3.8) is 0 Å². The summed E-state index contributed by atoms with van der Waals surface area (Å²) < 4.78 is 5.27. The monoisotopic (exact) mass is 234 g/mol. The third kappa shape index (κ3) is 3.46. The molecule has 0 bridgehead atoms. The molecule has 0 atom stereocenters. The van der Waals surface area contributed by atoms with E-state index >= 15 is 0 Å². The highest BCUT2D eigenvalue weighted by molar-refractivity contribution is 5.67. The first-order valence-electron chi connectivity index (χ1n) is 5.94. The predicted octanol–water partition coefficient (Wildman–Crippen LogP) is 1.54. The fourth-order valence-electron chi connectivity index (χ4n) is 1.77. The molecule has 0 spiro atoms. The largest absolute Gasteiger partial charge is 0.445 e. The van der Waals surface area contributed by atoms with Crippen LogP contribution in [0.4, 0.5) is 4.79 Å². The van der Waals surface area contributed by atoms with E-state index in [4.69, 9.17) is 4.74 Å². The molecule has 1 fully saturated rings. The summed E-state index contributed by atoms with van der Waals surface area (Å²) in [4.78, 5) is 13.5. The van der Waals surface area contributed by atoms with Gasteiger partial charge in [-0.2, -0.15) is 0 Å². The standard InChI is InChI=1S/C13H18N2O2/c1-11-2-4-12(5-3-11)10-17-13(16)15-8-6-14-7-9-15/h2-5,14H,6-10H2,1H3. The third-order valence-electron chi connectivity index (χ3n) is 2.86. The van der Waals surface area contributed by atoms with Gasteiger partial charge in [0.15, 0.2) is 0 Å². The Kier molecular flexibility index (Phi) is 3.98. The van der Waals surface area contributed by atoms with Gasteiger partial charge < -0.3 is 15.0 Å². The van der Waals surface area contributed by atoms with Crippen LogP contribution in [0.15, 0.2) is 24.3 Å². The lowest BCUT2D eigenvalue weighted by molar-refractivity contribution is 0.0918. The third-order valence-corrected chi connectivity index (χ3v) is 2.86. The molecule has 1 aliphatic rings. The molecule has 0 radical (unpaired) electrons. The summed E-state index contributed by atoms with van der Waals surface area (Å²) in [6, 6.07) is 8.02. The zero-order valence-corrected chi connectivity index (χ0v) is 10.1. The van der Waals surface area contributed by atoms with Gasteiger partial charge in [-0.05, 0) is 12.5 Å². The number of piperazine rings is 1. The average molecular weight is 234 g/mol. The Morgan fingerprint density at radius 2 is 1.94 bits per heavy atom. The Morgan fingerprint density at radius 1 is 1.29 bits per heavy atom. The maximum atomic E-state index is 11.7. The molecule has 0 aliphatic carbocycles. The number of nitrogens with zero attached hydrogens (tertiary/aromatic N) is 1. The van der Waals surface area contributed by atoms with Crippen molar-refractivity contribution in [2.75, 3.05) is 26.2 Å². The minimum absolute atomic E-state index is 0.216. The van der Waals surface area contributed by atoms with Crippen molar-refractivity contribution in [1.82, 2.24) is 10.2 Å². The number of hydrogen-bond acceptors (Lipinski definition) is 3. The summed E-state index contributed by atoms with van der Waals surface area (Å²) in [5.41, 5.74) is 2.24. The average Bonchev–Trinajstić information content (AvgIpc) is 2.39. The molecule has 1 saturated heterocycles. The zero-order chi connectivity index (χ0) is 12.1. The molecule has 0 saturated carbocycles. The van der Waals surface area contributed by atoms with Crippen LogP contribution in [0.3, 0.4) is 0 Å². The van der Waals surface area contributed by atoms with Crippen LogP contribution in [0.1, 0.15) is 11.1 Å². The second kappa shape index (κ2) is 5.68. The molecule has 17 heavy (non-hydrogen) atoms. The Hall–Kier alpha value is -1.55. The minimum Gasteiger partial charge on any atom is -0.445 e. The van der Waals surface area contributed by atoms with Crippen molar-refractivity contribution in [3.05, 3.63) is 35.4 Å². The highest BCUT2D eigenvalue weighted by Gasteiger charge is 2.16. The summed E-state index contributed by atoms with van der Waals surface area (Å²) in [6.45, 7) is 5.54. The summed E-state index contributed by atoms with van der Waals surface area (Å²) in [6.07, 6.45) is -0.216. The van der Waals surface area contributed by atoms with Gasteiger partial charge in [0.2, 0.25) is 0 Å². The smallest absolute Gasteiger partial charge is 0.410 e. The normalized spacial score (nSPS) is 15.7. The molecule has 1 aromatic rings. The van der Waals surface area contributed by atoms with Gasteiger partial charge in [-0.15, -0.1) is 0 Å². The number of carbonyl (C=O) groups is 1. The lowest BCUT2D eigenvalue weighted by atomic mass is 10.2. The number of nitrogens with one attached hydrogen (secondary N) is 1. The van der Waals surface area contributed by atoms with Gasteiger partial charge in [0.05, 0.1) is 0 Å². The van der Waals surface area contributed by atoms with Crippen molar-refractivity contribution in [2.45, 2.75) is 13.5 Å². The molecule has 92 valence electrons. The SMILES string of the molecule is Cc1ccc(COC(=O)N2CCNCC2)cc1. The van der Waals surface area contributed by atoms with Crippen LogP contribution >= 0.6 is 0 Å². The van der Waals surface area contributed by atoms with Gasteiger partial charge in [-0.1, -0.05) is 29.8 Å². The Bertz CT molecular complexity index is 370. The molecule has 1 N–H and O–H groups in total. The van der Waals surface area contributed by atoms with E-state index in [-0.39, 0.29) is 6.09 Å². The molecule has 4 nitrogen and oxygen atoms in total. The van der Waals surface area contributed by atoms with Gasteiger partial charge >= 0.3 is 6.09 Å². The van der Waals surface area contributed by atoms with E-state index in [2.05, 4.69) is 5.32 Å². The molecule has 0 aromatic heterocycles. The lowest BCUT2D eigenvalue weighted by Crippen LogP contribution is -2.46. The summed E-state index contributed by atoms with van der Waals surface area (Å²) in [5, 5.41) is 3.20. The first kappa shape index (κ1) is 11.9. The maximum absolute atomic E-state index is 11.7. The van der Waals surface area contributed by atoms with E-state index in [1.165, 1.54) is 5.56 Å². The van der Waals surface area contributed by atoms with Crippen molar-refractivity contribution in [3.8, 4) is 0 Å². The first-order chi connectivity index (χ1) is 8.25. The molecular formula is C13H18N2O2. The molecule has 1 amide bonds. The van der Waals surface area contributed by atoms with E-state index in [0.717, 1.165) is 31.7 Å². The number of aryl methyl sites for hydroxylation is 1. The maximum Gasteiger partial charge on any atom is 0.410 e. The van der Waals surface area contributed by atoms with Crippen LogP contribution in [0.5, 0.6) is 0 Å². The van der Waals surface area contributed by atoms with Crippen molar-refractivity contribution in [1.29, 1.82) is 0 Å². The highest BCUT2D eigenvalue weighted by Crippen LogP contribution is 2.06. The van der Waals surface area contributed by atoms with Crippen molar-refractivity contribution in [2.24, 2.45) is 0 Å². The fourth-order valence-corrected chi connectivity index (χ4v) is 1.77. The minimum atomic E-state index is -0.216. The van der Waals surface area contributed by atoms with Crippen LogP contribution in [0, 0.1) is 6.92 Å². The van der Waals surface area contributed by atoms with E-state index in [9.17, 15) is 4.79 Å². The fraction of sp³-hybridized carbons (Fsp3) is 0.462. The predicted molar refractivity (Wildman–Crippen MR) is 65.8 cm³/mol. The zero-order valence-electron chi connectivity index (χ0n) is 10.1. The highest BCUT2D eigenvalue weighted by atomic mass is 16.6. The number of ether oxygens (including phenoxy) is 1. The van der Waals surface area contributed by atoms with Crippen molar-refractivity contribution >= 4 is 6.09 Å². The van der Waals surface area contributed by atoms with Crippen molar-refractivity contribution < 1.29 is 9.53 Å². The molecule has 4 heteroatoms. The Labute approximate surface area is 102 Å². The van der Waals surface area contributed by atoms with Crippen LogP contribution in [0.25, 0.3) is 0 Å². The number of hydrogen-bond donors (Lipinski definition) is 1. The molecule has 1 heterocycles. The summed E-state index contributed by atoms with van der Waals surface area (Å²) in [7, 11) is 0. The molecule has 2 rings (SSSR count). The Balaban J connectivity index is 1.81. The second-order valence-electron chi connectivity index (χ2n) is 4.28. The summed E-state index contributed by atoms with van der Waals surface area (Å²) in [5.74, 6) is 0. The van der Waals surface area contributed by atoms with Crippen LogP contribution in [0.2, 0.25) is 0 Å². The topological polar surface area (TPSA) is 41.6 Å². The van der Waals surface area contributed by atoms with Crippen LogP contribution in [-0.2, 0) is 11.3 Å². The number of rotatable bonds is 2. The van der Waals surface area contributed by atoms with E-state index < -0.39 is 0 Å². The Morgan fingerprint density at radius 3 is 2.59 bits per heavy atom. The molecule has 1 aliphatic heterocycles. The quantitative estimate of drug-likeness (QED) is 0.844. The first-order valence-corrected chi connectivity index (χ1v) is 5.94. The van der Waals surface area contributed by atoms with Gasteiger partial charge in [0, 0.05) is 26.2 Å². The van der Waals surface area contributed by atoms with E-state index in [1.807, 2.05) is 31.2 Å². The van der Waals surface area contributed by atoms with E-state index in [0.29, 0.717) is 6.61 Å². The number of carbonyl (C=O) groups excluding carboxylic acids is 1. The summed E-state index contributed by atoms with van der Waals surface area (Å²) >= 11 is 0. The molecule has 0 unspecified atom stereocenters. The van der Waals surface area contributed by atoms with Gasteiger partial charge in [-0.3, -0.25) is 0 Å². The van der Waals surface area contributed by atoms with Gasteiger partial charge in [0.25, 0.3) is 0 Å². The van der Waals surface area contributed by atoms with Crippen LogP contribution in [-0.4, -0.2) is 37.2 Å². The molecular weight excluding hydrogens is 216 g/mol. The van der Waals surface area contributed by atoms with Crippen LogP contribution < -0.4 is 5.32 Å². The lowest BCUT2D eigenvalue weighted by Gasteiger charge is -2.26. The van der Waals surface area contributed by atoms with Gasteiger partial charge in [-0.25, -0.2) is 4.79 Å². The molecule has 1 aromatic carbocycles. The number of amides is 1. The van der Waals surface area contributed by atoms with Gasteiger partial charge in [0.1, 0.15) is 6.61 Å². The number of benzene rings is 1.